The van der Waals surface area contributed by atoms with E-state index in [-0.39, 0.29) is 5.28 Å². The predicted octanol–water partition coefficient (Wildman–Crippen LogP) is 2.82. The van der Waals surface area contributed by atoms with Gasteiger partial charge in [-0.05, 0) is 25.4 Å². The number of aromatic nitrogens is 3. The fourth-order valence-corrected chi connectivity index (χ4v) is 2.13. The van der Waals surface area contributed by atoms with Crippen LogP contribution in [0.5, 0.6) is 0 Å². The number of nitrogens with zero attached hydrogens (tertiary/aromatic N) is 3. The van der Waals surface area contributed by atoms with E-state index >= 15 is 0 Å². The van der Waals surface area contributed by atoms with Crippen LogP contribution in [-0.4, -0.2) is 15.0 Å². The van der Waals surface area contributed by atoms with Gasteiger partial charge in [0.15, 0.2) is 0 Å². The Labute approximate surface area is 103 Å². The summed E-state index contributed by atoms with van der Waals surface area (Å²) in [6, 6.07) is 1.85. The molecule has 16 heavy (non-hydrogen) atoms. The molecule has 2 rings (SSSR count). The van der Waals surface area contributed by atoms with Crippen LogP contribution in [0.2, 0.25) is 5.28 Å². The quantitative estimate of drug-likeness (QED) is 0.856. The maximum Gasteiger partial charge on any atom is 0.224 e. The minimum atomic E-state index is 0.261. The normalized spacial score (nSPS) is 10.4. The van der Waals surface area contributed by atoms with Gasteiger partial charge >= 0.3 is 0 Å². The summed E-state index contributed by atoms with van der Waals surface area (Å²) in [6.45, 7) is 4.52. The van der Waals surface area contributed by atoms with E-state index in [1.54, 1.807) is 11.3 Å². The van der Waals surface area contributed by atoms with Crippen molar-refractivity contribution in [2.24, 2.45) is 0 Å². The summed E-state index contributed by atoms with van der Waals surface area (Å²) < 4.78 is 0. The summed E-state index contributed by atoms with van der Waals surface area (Å²) in [4.78, 5) is 12.4. The minimum Gasteiger partial charge on any atom is -0.364 e. The highest BCUT2D eigenvalue weighted by molar-refractivity contribution is 7.09. The Bertz CT molecular complexity index is 477. The molecule has 2 aromatic heterocycles. The molecular weight excluding hydrogens is 244 g/mol. The van der Waals surface area contributed by atoms with Gasteiger partial charge in [-0.25, -0.2) is 15.0 Å². The second-order valence-corrected chi connectivity index (χ2v) is 4.78. The average molecular weight is 255 g/mol. The van der Waals surface area contributed by atoms with Gasteiger partial charge in [-0.2, -0.15) is 0 Å². The SMILES string of the molecule is Cc1cc(NCc2csc(C)n2)nc(Cl)n1. The fourth-order valence-electron chi connectivity index (χ4n) is 1.29. The lowest BCUT2D eigenvalue weighted by Gasteiger charge is -2.04. The highest BCUT2D eigenvalue weighted by Crippen LogP contribution is 2.12. The molecule has 6 heteroatoms. The van der Waals surface area contributed by atoms with Crippen molar-refractivity contribution in [3.8, 4) is 0 Å². The first-order chi connectivity index (χ1) is 7.63. The van der Waals surface area contributed by atoms with Crippen molar-refractivity contribution in [3.05, 3.63) is 33.1 Å². The smallest absolute Gasteiger partial charge is 0.224 e. The monoisotopic (exact) mass is 254 g/mol. The third-order valence-electron chi connectivity index (χ3n) is 1.94. The van der Waals surface area contributed by atoms with Crippen LogP contribution >= 0.6 is 22.9 Å². The van der Waals surface area contributed by atoms with E-state index < -0.39 is 0 Å². The predicted molar refractivity (Wildman–Crippen MR) is 66.0 cm³/mol. The number of hydrogen-bond acceptors (Lipinski definition) is 5. The van der Waals surface area contributed by atoms with Gasteiger partial charge < -0.3 is 5.32 Å². The fraction of sp³-hybridized carbons (Fsp3) is 0.300. The molecule has 0 atom stereocenters. The lowest BCUT2D eigenvalue weighted by molar-refractivity contribution is 1.02. The zero-order valence-electron chi connectivity index (χ0n) is 8.99. The van der Waals surface area contributed by atoms with Crippen molar-refractivity contribution in [2.45, 2.75) is 20.4 Å². The zero-order valence-corrected chi connectivity index (χ0v) is 10.6. The highest BCUT2D eigenvalue weighted by Gasteiger charge is 2.01. The number of nitrogens with one attached hydrogen (secondary N) is 1. The third kappa shape index (κ3) is 2.90. The lowest BCUT2D eigenvalue weighted by atomic mass is 10.4. The molecule has 0 saturated heterocycles. The Kier molecular flexibility index (Phi) is 3.36. The summed E-state index contributed by atoms with van der Waals surface area (Å²) in [5.74, 6) is 0.725. The number of aryl methyl sites for hydroxylation is 2. The second-order valence-electron chi connectivity index (χ2n) is 3.38. The maximum absolute atomic E-state index is 5.76. The molecule has 0 fully saturated rings. The first-order valence-corrected chi connectivity index (χ1v) is 6.05. The van der Waals surface area contributed by atoms with E-state index in [2.05, 4.69) is 20.3 Å². The van der Waals surface area contributed by atoms with E-state index in [0.29, 0.717) is 6.54 Å². The lowest BCUT2D eigenvalue weighted by Crippen LogP contribution is -2.03. The Morgan fingerprint density at radius 1 is 1.31 bits per heavy atom. The number of thiazole rings is 1. The number of hydrogen-bond donors (Lipinski definition) is 1. The van der Waals surface area contributed by atoms with Crippen LogP contribution in [0, 0.1) is 13.8 Å². The molecule has 0 aliphatic heterocycles. The molecule has 0 aliphatic carbocycles. The van der Waals surface area contributed by atoms with Crippen LogP contribution in [0.4, 0.5) is 5.82 Å². The van der Waals surface area contributed by atoms with E-state index in [1.165, 1.54) is 0 Å². The molecule has 0 aliphatic rings. The van der Waals surface area contributed by atoms with Crippen molar-refractivity contribution >= 4 is 28.8 Å². The molecule has 4 nitrogen and oxygen atoms in total. The molecule has 2 heterocycles. The topological polar surface area (TPSA) is 50.7 Å². The standard InChI is InChI=1S/C10H11ClN4S/c1-6-3-9(15-10(11)13-6)12-4-8-5-16-7(2)14-8/h3,5H,4H2,1-2H3,(H,12,13,15). The van der Waals surface area contributed by atoms with Crippen LogP contribution in [0.1, 0.15) is 16.4 Å². The van der Waals surface area contributed by atoms with Crippen molar-refractivity contribution in [1.82, 2.24) is 15.0 Å². The van der Waals surface area contributed by atoms with Crippen LogP contribution in [0.25, 0.3) is 0 Å². The average Bonchev–Trinajstić information content (AvgIpc) is 2.60. The number of rotatable bonds is 3. The van der Waals surface area contributed by atoms with Gasteiger partial charge in [0.05, 0.1) is 17.2 Å². The third-order valence-corrected chi connectivity index (χ3v) is 2.94. The van der Waals surface area contributed by atoms with Gasteiger partial charge in [-0.3, -0.25) is 0 Å². The van der Waals surface area contributed by atoms with E-state index in [0.717, 1.165) is 22.2 Å². The van der Waals surface area contributed by atoms with Gasteiger partial charge in [0, 0.05) is 17.1 Å². The van der Waals surface area contributed by atoms with Gasteiger partial charge in [-0.1, -0.05) is 0 Å². The molecule has 0 spiro atoms. The van der Waals surface area contributed by atoms with Crippen molar-refractivity contribution in [3.63, 3.8) is 0 Å². The summed E-state index contributed by atoms with van der Waals surface area (Å²) >= 11 is 7.40. The summed E-state index contributed by atoms with van der Waals surface area (Å²) in [6.07, 6.45) is 0. The van der Waals surface area contributed by atoms with Crippen LogP contribution < -0.4 is 5.32 Å². The molecular formula is C10H11ClN4S. The Hall–Kier alpha value is -1.20. The molecule has 0 aromatic carbocycles. The molecule has 0 saturated carbocycles. The first kappa shape index (κ1) is 11.3. The molecule has 0 amide bonds. The van der Waals surface area contributed by atoms with Crippen LogP contribution in [-0.2, 0) is 6.54 Å². The Balaban J connectivity index is 2.04. The maximum atomic E-state index is 5.76. The number of halogens is 1. The molecule has 2 aromatic rings. The minimum absolute atomic E-state index is 0.261. The van der Waals surface area contributed by atoms with Gasteiger partial charge in [0.2, 0.25) is 5.28 Å². The summed E-state index contributed by atoms with van der Waals surface area (Å²) in [5.41, 5.74) is 1.85. The zero-order chi connectivity index (χ0) is 11.5. The van der Waals surface area contributed by atoms with E-state index in [4.69, 9.17) is 11.6 Å². The molecule has 84 valence electrons. The molecule has 0 radical (unpaired) electrons. The van der Waals surface area contributed by atoms with E-state index in [1.807, 2.05) is 25.3 Å². The molecule has 1 N–H and O–H groups in total. The first-order valence-electron chi connectivity index (χ1n) is 4.79. The molecule has 0 unspecified atom stereocenters. The molecule has 0 bridgehead atoms. The van der Waals surface area contributed by atoms with E-state index in [9.17, 15) is 0 Å². The Morgan fingerprint density at radius 3 is 2.75 bits per heavy atom. The second kappa shape index (κ2) is 4.76. The van der Waals surface area contributed by atoms with Crippen molar-refractivity contribution in [1.29, 1.82) is 0 Å². The van der Waals surface area contributed by atoms with Crippen molar-refractivity contribution < 1.29 is 0 Å². The largest absolute Gasteiger partial charge is 0.364 e. The van der Waals surface area contributed by atoms with Crippen LogP contribution in [0.3, 0.4) is 0 Å². The van der Waals surface area contributed by atoms with Gasteiger partial charge in [0.25, 0.3) is 0 Å². The summed E-state index contributed by atoms with van der Waals surface area (Å²) in [7, 11) is 0. The highest BCUT2D eigenvalue weighted by atomic mass is 35.5. The van der Waals surface area contributed by atoms with Gasteiger partial charge in [0.1, 0.15) is 5.82 Å². The van der Waals surface area contributed by atoms with Gasteiger partial charge in [-0.15, -0.1) is 11.3 Å². The number of anilines is 1. The summed E-state index contributed by atoms with van der Waals surface area (Å²) in [5, 5.41) is 6.52. The Morgan fingerprint density at radius 2 is 2.12 bits per heavy atom. The van der Waals surface area contributed by atoms with Crippen molar-refractivity contribution in [2.75, 3.05) is 5.32 Å². The van der Waals surface area contributed by atoms with Crippen LogP contribution in [0.15, 0.2) is 11.4 Å².